The predicted octanol–water partition coefficient (Wildman–Crippen LogP) is 0.0873. The van der Waals surface area contributed by atoms with Crippen molar-refractivity contribution in [3.63, 3.8) is 0 Å². The van der Waals surface area contributed by atoms with Gasteiger partial charge in [-0.1, -0.05) is 15.9 Å². The van der Waals surface area contributed by atoms with Crippen LogP contribution in [0.2, 0.25) is 0 Å². The zero-order valence-electron chi connectivity index (χ0n) is 16.4. The van der Waals surface area contributed by atoms with Gasteiger partial charge in [0.25, 0.3) is 11.8 Å². The molecule has 0 bridgehead atoms. The third-order valence-electron chi connectivity index (χ3n) is 5.74. The molecule has 1 N–H and O–H groups in total. The Morgan fingerprint density at radius 1 is 1.23 bits per heavy atom. The molecule has 2 fully saturated rings. The Kier molecular flexibility index (Phi) is 4.74. The molecule has 2 amide bonds. The highest BCUT2D eigenvalue weighted by Crippen LogP contribution is 2.37. The minimum Gasteiger partial charge on any atom is -0.454 e. The Bertz CT molecular complexity index is 1060. The molecule has 4 aliphatic rings. The summed E-state index contributed by atoms with van der Waals surface area (Å²) in [6, 6.07) is 2.04. The van der Waals surface area contributed by atoms with Gasteiger partial charge in [0.05, 0.1) is 19.2 Å². The summed E-state index contributed by atoms with van der Waals surface area (Å²) in [5.74, 6) is -1.89. The summed E-state index contributed by atoms with van der Waals surface area (Å²) in [5.41, 5.74) is 0.410. The number of ether oxygens (including phenoxy) is 3. The normalized spacial score (nSPS) is 26.6. The molecule has 1 unspecified atom stereocenters. The second-order valence-corrected chi connectivity index (χ2v) is 8.55. The molecule has 0 spiro atoms. The first-order valence-electron chi connectivity index (χ1n) is 9.71. The van der Waals surface area contributed by atoms with Crippen molar-refractivity contribution in [2.45, 2.75) is 31.8 Å². The fourth-order valence-electron chi connectivity index (χ4n) is 4.16. The van der Waals surface area contributed by atoms with Crippen LogP contribution < -0.4 is 14.8 Å². The van der Waals surface area contributed by atoms with Crippen molar-refractivity contribution in [3.8, 4) is 11.5 Å². The molecule has 4 aliphatic heterocycles. The molecule has 31 heavy (non-hydrogen) atoms. The van der Waals surface area contributed by atoms with Crippen LogP contribution in [0.3, 0.4) is 0 Å². The van der Waals surface area contributed by atoms with Crippen LogP contribution in [-0.2, 0) is 30.5 Å². The molecule has 1 aromatic rings. The number of carbonyl (C=O) groups excluding carboxylic acids is 4. The number of halogens is 1. The van der Waals surface area contributed by atoms with Crippen molar-refractivity contribution >= 4 is 39.3 Å². The molecule has 2 saturated heterocycles. The lowest BCUT2D eigenvalue weighted by atomic mass is 9.93. The van der Waals surface area contributed by atoms with Crippen molar-refractivity contribution < 1.29 is 33.4 Å². The van der Waals surface area contributed by atoms with Gasteiger partial charge in [-0.15, -0.1) is 0 Å². The lowest BCUT2D eigenvalue weighted by molar-refractivity contribution is -0.159. The van der Waals surface area contributed by atoms with Gasteiger partial charge < -0.3 is 29.3 Å². The monoisotopic (exact) mass is 491 g/mol. The molecule has 11 heteroatoms. The van der Waals surface area contributed by atoms with E-state index in [4.69, 9.17) is 14.2 Å². The SMILES string of the molecule is C[C@H]1CO[C@@H]2CN3C=C(C(=O)NCc4cc5c(cc4Br)OCO5)C(=O)C(=O)C3C(=O)N12. The number of hydrogen-bond acceptors (Lipinski definition) is 8. The standard InChI is InChI=1S/C20H18BrN3O7/c1-9-7-29-15-6-23-5-11(17(25)18(26)16(23)20(28)24(9)15)19(27)22-4-10-2-13-14(3-12(10)21)31-8-30-13/h2-3,5,9,15-16H,4,6-8H2,1H3,(H,22,27)/t9-,15+,16?/m0/s1. The fourth-order valence-corrected chi connectivity index (χ4v) is 4.62. The van der Waals surface area contributed by atoms with Gasteiger partial charge in [0.2, 0.25) is 18.4 Å². The highest BCUT2D eigenvalue weighted by molar-refractivity contribution is 9.10. The maximum atomic E-state index is 12.8. The van der Waals surface area contributed by atoms with E-state index in [9.17, 15) is 19.2 Å². The highest BCUT2D eigenvalue weighted by Gasteiger charge is 2.52. The number of carbonyl (C=O) groups is 4. The van der Waals surface area contributed by atoms with E-state index in [-0.39, 0.29) is 31.5 Å². The Hall–Kier alpha value is -2.92. The van der Waals surface area contributed by atoms with Gasteiger partial charge >= 0.3 is 0 Å². The van der Waals surface area contributed by atoms with Crippen LogP contribution in [0.4, 0.5) is 0 Å². The smallest absolute Gasteiger partial charge is 0.257 e. The molecule has 3 atom stereocenters. The second kappa shape index (κ2) is 7.34. The van der Waals surface area contributed by atoms with Crippen LogP contribution in [0.25, 0.3) is 0 Å². The topological polar surface area (TPSA) is 114 Å². The van der Waals surface area contributed by atoms with E-state index in [1.54, 1.807) is 12.1 Å². The summed E-state index contributed by atoms with van der Waals surface area (Å²) in [7, 11) is 0. The molecule has 0 saturated carbocycles. The van der Waals surface area contributed by atoms with E-state index >= 15 is 0 Å². The number of nitrogens with one attached hydrogen (secondary N) is 1. The van der Waals surface area contributed by atoms with Crippen molar-refractivity contribution in [1.29, 1.82) is 0 Å². The minimum atomic E-state index is -1.24. The summed E-state index contributed by atoms with van der Waals surface area (Å²) < 4.78 is 16.9. The van der Waals surface area contributed by atoms with Gasteiger partial charge in [-0.05, 0) is 24.6 Å². The Morgan fingerprint density at radius 3 is 2.74 bits per heavy atom. The van der Waals surface area contributed by atoms with Crippen LogP contribution in [-0.4, -0.2) is 71.4 Å². The first-order chi connectivity index (χ1) is 14.8. The summed E-state index contributed by atoms with van der Waals surface area (Å²) in [6.07, 6.45) is 0.782. The number of amides is 2. The lowest BCUT2D eigenvalue weighted by Gasteiger charge is -2.43. The average Bonchev–Trinajstić information content (AvgIpc) is 3.34. The number of hydrogen-bond donors (Lipinski definition) is 1. The number of piperazine rings is 1. The summed E-state index contributed by atoms with van der Waals surface area (Å²) in [4.78, 5) is 53.8. The van der Waals surface area contributed by atoms with Gasteiger partial charge in [-0.2, -0.15) is 0 Å². The molecule has 162 valence electrons. The highest BCUT2D eigenvalue weighted by atomic mass is 79.9. The molecule has 10 nitrogen and oxygen atoms in total. The van der Waals surface area contributed by atoms with Gasteiger partial charge in [-0.3, -0.25) is 19.2 Å². The Labute approximate surface area is 185 Å². The van der Waals surface area contributed by atoms with Crippen molar-refractivity contribution in [2.24, 2.45) is 0 Å². The largest absolute Gasteiger partial charge is 0.454 e. The van der Waals surface area contributed by atoms with Crippen molar-refractivity contribution in [3.05, 3.63) is 33.9 Å². The quantitative estimate of drug-likeness (QED) is 0.359. The summed E-state index contributed by atoms with van der Waals surface area (Å²) >= 11 is 3.41. The summed E-state index contributed by atoms with van der Waals surface area (Å²) in [6.45, 7) is 2.61. The predicted molar refractivity (Wildman–Crippen MR) is 107 cm³/mol. The molecule has 0 radical (unpaired) electrons. The lowest BCUT2D eigenvalue weighted by Crippen LogP contribution is -2.65. The molecule has 4 heterocycles. The van der Waals surface area contributed by atoms with Crippen LogP contribution in [0.15, 0.2) is 28.4 Å². The second-order valence-electron chi connectivity index (χ2n) is 7.70. The molecular formula is C20H18BrN3O7. The molecule has 0 aromatic heterocycles. The van der Waals surface area contributed by atoms with Gasteiger partial charge in [0.1, 0.15) is 11.8 Å². The minimum absolute atomic E-state index is 0.0915. The van der Waals surface area contributed by atoms with E-state index in [2.05, 4.69) is 21.2 Å². The Balaban J connectivity index is 1.35. The van der Waals surface area contributed by atoms with Crippen LogP contribution in [0.5, 0.6) is 11.5 Å². The van der Waals surface area contributed by atoms with Crippen molar-refractivity contribution in [1.82, 2.24) is 15.1 Å². The number of nitrogens with zero attached hydrogens (tertiary/aromatic N) is 2. The maximum Gasteiger partial charge on any atom is 0.257 e. The summed E-state index contributed by atoms with van der Waals surface area (Å²) in [5, 5.41) is 2.65. The van der Waals surface area contributed by atoms with Crippen LogP contribution in [0.1, 0.15) is 12.5 Å². The van der Waals surface area contributed by atoms with E-state index in [0.29, 0.717) is 28.1 Å². The van der Waals surface area contributed by atoms with Gasteiger partial charge in [0.15, 0.2) is 17.5 Å². The average molecular weight is 492 g/mol. The first-order valence-corrected chi connectivity index (χ1v) is 10.5. The zero-order valence-corrected chi connectivity index (χ0v) is 18.0. The van der Waals surface area contributed by atoms with E-state index in [1.165, 1.54) is 16.0 Å². The first kappa shape index (κ1) is 20.0. The number of rotatable bonds is 3. The van der Waals surface area contributed by atoms with Crippen LogP contribution >= 0.6 is 15.9 Å². The Morgan fingerprint density at radius 2 is 1.97 bits per heavy atom. The fraction of sp³-hybridized carbons (Fsp3) is 0.400. The molecule has 5 rings (SSSR count). The van der Waals surface area contributed by atoms with Gasteiger partial charge in [0, 0.05) is 17.2 Å². The number of ketones is 2. The van der Waals surface area contributed by atoms with Gasteiger partial charge in [-0.25, -0.2) is 0 Å². The molecular weight excluding hydrogens is 474 g/mol. The van der Waals surface area contributed by atoms with E-state index in [0.717, 1.165) is 0 Å². The third kappa shape index (κ3) is 3.19. The van der Waals surface area contributed by atoms with E-state index < -0.39 is 35.7 Å². The van der Waals surface area contributed by atoms with Crippen LogP contribution in [0, 0.1) is 0 Å². The number of fused-ring (bicyclic) bond motifs is 3. The van der Waals surface area contributed by atoms with E-state index in [1.807, 2.05) is 6.92 Å². The number of Topliss-reactive ketones (excluding diaryl/α,β-unsaturated/α-hetero) is 2. The number of benzene rings is 1. The maximum absolute atomic E-state index is 12.8. The molecule has 1 aromatic carbocycles. The third-order valence-corrected chi connectivity index (χ3v) is 6.48. The van der Waals surface area contributed by atoms with Crippen molar-refractivity contribution in [2.75, 3.05) is 19.9 Å². The molecule has 0 aliphatic carbocycles. The zero-order chi connectivity index (χ0) is 21.9.